The maximum Gasteiger partial charge on any atom is 0.128 e. The first-order chi connectivity index (χ1) is 8.67. The summed E-state index contributed by atoms with van der Waals surface area (Å²) < 4.78 is 18.2. The second-order valence-electron chi connectivity index (χ2n) is 3.90. The average Bonchev–Trinajstić information content (AvgIpc) is 2.36. The van der Waals surface area contributed by atoms with Crippen LogP contribution in [0.25, 0.3) is 0 Å². The average molecular weight is 247 g/mol. The summed E-state index contributed by atoms with van der Waals surface area (Å²) in [5.41, 5.74) is 1.55. The third-order valence-corrected chi connectivity index (χ3v) is 2.51. The Kier molecular flexibility index (Phi) is 3.67. The van der Waals surface area contributed by atoms with Gasteiger partial charge in [0.15, 0.2) is 0 Å². The molecule has 18 heavy (non-hydrogen) atoms. The lowest BCUT2D eigenvalue weighted by Crippen LogP contribution is -2.00. The maximum absolute atomic E-state index is 13.2. The molecule has 0 aliphatic heterocycles. The van der Waals surface area contributed by atoms with Crippen molar-refractivity contribution in [2.24, 2.45) is 0 Å². The summed E-state index contributed by atoms with van der Waals surface area (Å²) >= 11 is 0. The van der Waals surface area contributed by atoms with E-state index >= 15 is 0 Å². The van der Waals surface area contributed by atoms with E-state index in [2.05, 4.69) is 5.32 Å². The van der Waals surface area contributed by atoms with Crippen molar-refractivity contribution in [1.29, 1.82) is 0 Å². The standard InChI is InChI=1S/C14H14FNO2/c1-18-14-7-11(15)6-12(8-14)16-9-10-3-2-4-13(17)5-10/h2-8,16-17H,9H2,1H3. The zero-order valence-electron chi connectivity index (χ0n) is 9.98. The zero-order chi connectivity index (χ0) is 13.0. The van der Waals surface area contributed by atoms with Crippen LogP contribution in [-0.4, -0.2) is 12.2 Å². The number of ether oxygens (including phenoxy) is 1. The van der Waals surface area contributed by atoms with Crippen molar-refractivity contribution in [2.75, 3.05) is 12.4 Å². The first-order valence-corrected chi connectivity index (χ1v) is 5.54. The topological polar surface area (TPSA) is 41.5 Å². The molecule has 0 spiro atoms. The van der Waals surface area contributed by atoms with E-state index in [-0.39, 0.29) is 11.6 Å². The molecular weight excluding hydrogens is 233 g/mol. The number of benzene rings is 2. The van der Waals surface area contributed by atoms with Gasteiger partial charge in [-0.1, -0.05) is 12.1 Å². The van der Waals surface area contributed by atoms with Crippen molar-refractivity contribution in [2.45, 2.75) is 6.54 Å². The van der Waals surface area contributed by atoms with Crippen molar-refractivity contribution >= 4 is 5.69 Å². The smallest absolute Gasteiger partial charge is 0.128 e. The van der Waals surface area contributed by atoms with E-state index in [1.165, 1.54) is 19.2 Å². The zero-order valence-corrected chi connectivity index (χ0v) is 9.98. The second-order valence-corrected chi connectivity index (χ2v) is 3.90. The molecule has 2 N–H and O–H groups in total. The Morgan fingerprint density at radius 2 is 2.06 bits per heavy atom. The van der Waals surface area contributed by atoms with Crippen LogP contribution in [0.2, 0.25) is 0 Å². The molecule has 0 saturated heterocycles. The van der Waals surface area contributed by atoms with E-state index in [1.54, 1.807) is 24.3 Å². The van der Waals surface area contributed by atoms with E-state index in [4.69, 9.17) is 4.74 Å². The van der Waals surface area contributed by atoms with Gasteiger partial charge < -0.3 is 15.2 Å². The van der Waals surface area contributed by atoms with Crippen LogP contribution >= 0.6 is 0 Å². The third kappa shape index (κ3) is 3.13. The second kappa shape index (κ2) is 5.40. The van der Waals surface area contributed by atoms with E-state index in [9.17, 15) is 9.50 Å². The van der Waals surface area contributed by atoms with Gasteiger partial charge in [0.25, 0.3) is 0 Å². The summed E-state index contributed by atoms with van der Waals surface area (Å²) in [5, 5.41) is 12.4. The van der Waals surface area contributed by atoms with Crippen LogP contribution in [0, 0.1) is 5.82 Å². The third-order valence-electron chi connectivity index (χ3n) is 2.51. The van der Waals surface area contributed by atoms with Crippen LogP contribution in [0.15, 0.2) is 42.5 Å². The highest BCUT2D eigenvalue weighted by Gasteiger charge is 2.01. The summed E-state index contributed by atoms with van der Waals surface area (Å²) in [6.45, 7) is 0.501. The number of hydrogen-bond acceptors (Lipinski definition) is 3. The van der Waals surface area contributed by atoms with Crippen molar-refractivity contribution < 1.29 is 14.2 Å². The highest BCUT2D eigenvalue weighted by atomic mass is 19.1. The minimum atomic E-state index is -0.354. The van der Waals surface area contributed by atoms with Crippen LogP contribution in [0.5, 0.6) is 11.5 Å². The Bertz CT molecular complexity index is 543. The number of rotatable bonds is 4. The highest BCUT2D eigenvalue weighted by molar-refractivity contribution is 5.49. The van der Waals surface area contributed by atoms with Gasteiger partial charge in [0.05, 0.1) is 7.11 Å². The van der Waals surface area contributed by atoms with Crippen LogP contribution in [0.3, 0.4) is 0 Å². The predicted octanol–water partition coefficient (Wildman–Crippen LogP) is 3.15. The minimum Gasteiger partial charge on any atom is -0.508 e. The lowest BCUT2D eigenvalue weighted by Gasteiger charge is -2.09. The van der Waals surface area contributed by atoms with E-state index < -0.39 is 0 Å². The van der Waals surface area contributed by atoms with Gasteiger partial charge in [0.2, 0.25) is 0 Å². The number of anilines is 1. The van der Waals surface area contributed by atoms with Crippen molar-refractivity contribution in [1.82, 2.24) is 0 Å². The fourth-order valence-corrected chi connectivity index (χ4v) is 1.65. The Hall–Kier alpha value is -2.23. The molecule has 0 unspecified atom stereocenters. The van der Waals surface area contributed by atoms with Gasteiger partial charge in [-0.3, -0.25) is 0 Å². The molecule has 2 aromatic carbocycles. The molecule has 2 rings (SSSR count). The molecule has 0 saturated carbocycles. The minimum absolute atomic E-state index is 0.214. The molecule has 0 heterocycles. The normalized spacial score (nSPS) is 10.1. The number of halogens is 1. The number of phenols is 1. The number of phenolic OH excluding ortho intramolecular Hbond substituents is 1. The fraction of sp³-hybridized carbons (Fsp3) is 0.143. The summed E-state index contributed by atoms with van der Waals surface area (Å²) in [7, 11) is 1.49. The van der Waals surface area contributed by atoms with Crippen molar-refractivity contribution in [3.8, 4) is 11.5 Å². The Morgan fingerprint density at radius 3 is 2.78 bits per heavy atom. The molecular formula is C14H14FNO2. The van der Waals surface area contributed by atoms with Crippen LogP contribution < -0.4 is 10.1 Å². The molecule has 0 bridgehead atoms. The quantitative estimate of drug-likeness (QED) is 0.872. The van der Waals surface area contributed by atoms with Crippen molar-refractivity contribution in [3.05, 3.63) is 53.8 Å². The van der Waals surface area contributed by atoms with E-state index in [1.807, 2.05) is 6.07 Å². The molecule has 0 amide bonds. The lowest BCUT2D eigenvalue weighted by atomic mass is 10.2. The summed E-state index contributed by atoms with van der Waals surface area (Å²) in [6.07, 6.45) is 0. The van der Waals surface area contributed by atoms with Gasteiger partial charge in [-0.25, -0.2) is 4.39 Å². The van der Waals surface area contributed by atoms with Gasteiger partial charge in [0.1, 0.15) is 17.3 Å². The molecule has 3 nitrogen and oxygen atoms in total. The fourth-order valence-electron chi connectivity index (χ4n) is 1.65. The van der Waals surface area contributed by atoms with E-state index in [0.717, 1.165) is 5.56 Å². The molecule has 0 atom stereocenters. The SMILES string of the molecule is COc1cc(F)cc(NCc2cccc(O)c2)c1. The molecule has 0 fully saturated rings. The van der Waals surface area contributed by atoms with Crippen LogP contribution in [-0.2, 0) is 6.54 Å². The monoisotopic (exact) mass is 247 g/mol. The van der Waals surface area contributed by atoms with Gasteiger partial charge in [-0.2, -0.15) is 0 Å². The molecule has 0 radical (unpaired) electrons. The molecule has 0 aliphatic rings. The molecule has 0 aliphatic carbocycles. The molecule has 4 heteroatoms. The largest absolute Gasteiger partial charge is 0.508 e. The number of methoxy groups -OCH3 is 1. The Labute approximate surface area is 105 Å². The van der Waals surface area contributed by atoms with Crippen molar-refractivity contribution in [3.63, 3.8) is 0 Å². The van der Waals surface area contributed by atoms with Crippen LogP contribution in [0.4, 0.5) is 10.1 Å². The highest BCUT2D eigenvalue weighted by Crippen LogP contribution is 2.20. The molecule has 0 aromatic heterocycles. The Balaban J connectivity index is 2.08. The first-order valence-electron chi connectivity index (χ1n) is 5.54. The predicted molar refractivity (Wildman–Crippen MR) is 68.4 cm³/mol. The first kappa shape index (κ1) is 12.2. The summed E-state index contributed by atoms with van der Waals surface area (Å²) in [4.78, 5) is 0. The number of aromatic hydroxyl groups is 1. The summed E-state index contributed by atoms with van der Waals surface area (Å²) in [6, 6.07) is 11.3. The molecule has 94 valence electrons. The molecule has 2 aromatic rings. The van der Waals surface area contributed by atoms with Gasteiger partial charge in [-0.05, 0) is 23.8 Å². The number of hydrogen-bond donors (Lipinski definition) is 2. The number of nitrogens with one attached hydrogen (secondary N) is 1. The van der Waals surface area contributed by atoms with Gasteiger partial charge in [-0.15, -0.1) is 0 Å². The maximum atomic E-state index is 13.2. The van der Waals surface area contributed by atoms with E-state index in [0.29, 0.717) is 18.0 Å². The summed E-state index contributed by atoms with van der Waals surface area (Å²) in [5.74, 6) is 0.326. The lowest BCUT2D eigenvalue weighted by molar-refractivity contribution is 0.411. The Morgan fingerprint density at radius 1 is 1.22 bits per heavy atom. The van der Waals surface area contributed by atoms with Crippen LogP contribution in [0.1, 0.15) is 5.56 Å². The van der Waals surface area contributed by atoms with Gasteiger partial charge in [0, 0.05) is 24.4 Å². The van der Waals surface area contributed by atoms with Gasteiger partial charge >= 0.3 is 0 Å².